The van der Waals surface area contributed by atoms with Gasteiger partial charge in [-0.15, -0.1) is 11.3 Å². The molecule has 4 aromatic rings. The van der Waals surface area contributed by atoms with Gasteiger partial charge >= 0.3 is 5.76 Å². The quantitative estimate of drug-likeness (QED) is 0.440. The second kappa shape index (κ2) is 7.31. The fourth-order valence-electron chi connectivity index (χ4n) is 3.83. The summed E-state index contributed by atoms with van der Waals surface area (Å²) < 4.78 is 38.8. The lowest BCUT2D eigenvalue weighted by Crippen LogP contribution is -2.25. The molecule has 1 aliphatic carbocycles. The van der Waals surface area contributed by atoms with Gasteiger partial charge in [-0.2, -0.15) is 0 Å². The van der Waals surface area contributed by atoms with Gasteiger partial charge in [-0.3, -0.25) is 4.57 Å². The summed E-state index contributed by atoms with van der Waals surface area (Å²) in [5.74, 6) is -1.32. The minimum atomic E-state index is -0.573. The number of nitrogens with zero attached hydrogens (tertiary/aromatic N) is 2. The predicted octanol–water partition coefficient (Wildman–Crippen LogP) is 5.37. The van der Waals surface area contributed by atoms with Crippen molar-refractivity contribution in [3.05, 3.63) is 75.2 Å². The molecule has 2 heterocycles. The van der Waals surface area contributed by atoms with E-state index in [0.717, 1.165) is 23.9 Å². The maximum atomic E-state index is 14.8. The summed E-state index contributed by atoms with van der Waals surface area (Å²) in [6.07, 6.45) is 3.68. The summed E-state index contributed by atoms with van der Waals surface area (Å²) in [5.41, 5.74) is 2.03. The number of fused-ring (bicyclic) bond motifs is 2. The average Bonchev–Trinajstić information content (AvgIpc) is 3.33. The molecule has 0 spiro atoms. The van der Waals surface area contributed by atoms with Gasteiger partial charge in [0.05, 0.1) is 16.5 Å². The number of rotatable bonds is 4. The van der Waals surface area contributed by atoms with Crippen molar-refractivity contribution in [3.8, 4) is 0 Å². The zero-order chi connectivity index (χ0) is 20.0. The average molecular weight is 431 g/mol. The Hall–Kier alpha value is -2.65. The van der Waals surface area contributed by atoms with Crippen LogP contribution in [0, 0.1) is 11.6 Å². The van der Waals surface area contributed by atoms with Gasteiger partial charge in [0.25, 0.3) is 0 Å². The van der Waals surface area contributed by atoms with E-state index in [2.05, 4.69) is 9.71 Å². The summed E-state index contributed by atoms with van der Waals surface area (Å²) in [7, 11) is 0. The van der Waals surface area contributed by atoms with E-state index >= 15 is 0 Å². The fraction of sp³-hybridized carbons (Fsp3) is 0.200. The first kappa shape index (κ1) is 18.4. The second-order valence-corrected chi connectivity index (χ2v) is 8.49. The van der Waals surface area contributed by atoms with Gasteiger partial charge < -0.3 is 9.14 Å². The number of hydrogen-bond acceptors (Lipinski definition) is 6. The Bertz CT molecular complexity index is 1250. The van der Waals surface area contributed by atoms with Gasteiger partial charge in [0.15, 0.2) is 10.7 Å². The molecule has 2 aromatic carbocycles. The molecule has 1 atom stereocenters. The van der Waals surface area contributed by atoms with Crippen molar-refractivity contribution >= 4 is 39.5 Å². The first-order valence-corrected chi connectivity index (χ1v) is 10.8. The molecule has 0 aliphatic heterocycles. The van der Waals surface area contributed by atoms with Crippen molar-refractivity contribution in [3.63, 3.8) is 0 Å². The van der Waals surface area contributed by atoms with Crippen LogP contribution in [0.5, 0.6) is 0 Å². The zero-order valence-electron chi connectivity index (χ0n) is 15.0. The van der Waals surface area contributed by atoms with E-state index < -0.39 is 11.6 Å². The molecule has 0 saturated heterocycles. The fourth-order valence-corrected chi connectivity index (χ4v) is 5.09. The molecule has 0 saturated carbocycles. The lowest BCUT2D eigenvalue weighted by molar-refractivity contribution is 0.430. The minimum absolute atomic E-state index is 0.272. The van der Waals surface area contributed by atoms with Gasteiger partial charge in [0.1, 0.15) is 11.6 Å². The van der Waals surface area contributed by atoms with E-state index in [1.807, 2.05) is 11.4 Å². The molecule has 29 heavy (non-hydrogen) atoms. The van der Waals surface area contributed by atoms with Crippen LogP contribution < -0.4 is 10.5 Å². The number of nitrogens with one attached hydrogen (secondary N) is 1. The molecule has 0 bridgehead atoms. The summed E-state index contributed by atoms with van der Waals surface area (Å²) in [6.45, 7) is 0. The van der Waals surface area contributed by atoms with Gasteiger partial charge in [-0.1, -0.05) is 12.1 Å². The summed E-state index contributed by atoms with van der Waals surface area (Å²) in [4.78, 5) is 17.0. The molecule has 1 aliphatic rings. The maximum absolute atomic E-state index is 14.8. The number of thiazole rings is 1. The third-order valence-corrected chi connectivity index (χ3v) is 6.72. The number of aromatic nitrogens is 2. The van der Waals surface area contributed by atoms with Gasteiger partial charge in [0, 0.05) is 23.7 Å². The van der Waals surface area contributed by atoms with Crippen molar-refractivity contribution < 1.29 is 13.2 Å². The second-order valence-electron chi connectivity index (χ2n) is 6.75. The molecule has 5 rings (SSSR count). The third kappa shape index (κ3) is 3.24. The zero-order valence-corrected chi connectivity index (χ0v) is 16.7. The predicted molar refractivity (Wildman–Crippen MR) is 110 cm³/mol. The minimum Gasteiger partial charge on any atom is -0.408 e. The Morgan fingerprint density at radius 3 is 3.00 bits per heavy atom. The molecule has 0 radical (unpaired) electrons. The van der Waals surface area contributed by atoms with Crippen molar-refractivity contribution in [1.82, 2.24) is 9.55 Å². The third-order valence-electron chi connectivity index (χ3n) is 5.08. The van der Waals surface area contributed by atoms with Crippen LogP contribution in [0.1, 0.15) is 30.0 Å². The molecule has 2 aromatic heterocycles. The van der Waals surface area contributed by atoms with Crippen molar-refractivity contribution in [2.45, 2.75) is 30.2 Å². The van der Waals surface area contributed by atoms with Crippen LogP contribution in [0.4, 0.5) is 13.9 Å². The highest BCUT2D eigenvalue weighted by atomic mass is 32.2. The van der Waals surface area contributed by atoms with Crippen LogP contribution in [0.3, 0.4) is 0 Å². The van der Waals surface area contributed by atoms with E-state index in [0.29, 0.717) is 39.5 Å². The Morgan fingerprint density at radius 1 is 1.28 bits per heavy atom. The number of benzene rings is 2. The molecular formula is C20H15F2N3O2S2. The molecule has 148 valence electrons. The number of anilines is 1. The van der Waals surface area contributed by atoms with E-state index in [9.17, 15) is 13.6 Å². The largest absolute Gasteiger partial charge is 0.420 e. The lowest BCUT2D eigenvalue weighted by atomic mass is 9.87. The highest BCUT2D eigenvalue weighted by Gasteiger charge is 2.28. The molecule has 1 unspecified atom stereocenters. The Kier molecular flexibility index (Phi) is 4.63. The number of oxazole rings is 1. The van der Waals surface area contributed by atoms with E-state index in [1.54, 1.807) is 12.3 Å². The van der Waals surface area contributed by atoms with Crippen molar-refractivity contribution in [2.24, 2.45) is 0 Å². The van der Waals surface area contributed by atoms with Crippen LogP contribution in [-0.4, -0.2) is 9.55 Å². The number of hydrogen-bond donors (Lipinski definition) is 1. The van der Waals surface area contributed by atoms with E-state index in [4.69, 9.17) is 4.42 Å². The van der Waals surface area contributed by atoms with Crippen LogP contribution >= 0.6 is 23.3 Å². The monoisotopic (exact) mass is 431 g/mol. The number of halogens is 2. The van der Waals surface area contributed by atoms with E-state index in [-0.39, 0.29) is 11.9 Å². The Morgan fingerprint density at radius 2 is 2.17 bits per heavy atom. The highest BCUT2D eigenvalue weighted by Crippen LogP contribution is 2.36. The lowest BCUT2D eigenvalue weighted by Gasteiger charge is -2.26. The van der Waals surface area contributed by atoms with Crippen molar-refractivity contribution in [2.75, 3.05) is 4.72 Å². The molecule has 0 amide bonds. The SMILES string of the molecule is O=c1oc2cc(SNc3nccs3)c(F)cc2n1C1CCCc2c(F)cccc21. The standard InChI is InChI=1S/C20H15F2N3O2S2/c21-13-5-1-4-12-11(13)3-2-6-15(12)25-16-9-14(22)18(10-17(16)27-20(25)26)29-24-19-23-7-8-28-19/h1,4-5,7-10,15H,2-3,6H2,(H,23,24). The summed E-state index contributed by atoms with van der Waals surface area (Å²) >= 11 is 2.46. The molecule has 5 nitrogen and oxygen atoms in total. The van der Waals surface area contributed by atoms with Gasteiger partial charge in [0.2, 0.25) is 0 Å². The van der Waals surface area contributed by atoms with Crippen LogP contribution in [0.25, 0.3) is 11.1 Å². The normalized spacial score (nSPS) is 16.1. The Labute approximate surface area is 172 Å². The van der Waals surface area contributed by atoms with Crippen LogP contribution in [-0.2, 0) is 6.42 Å². The smallest absolute Gasteiger partial charge is 0.408 e. The first-order valence-electron chi connectivity index (χ1n) is 9.06. The summed E-state index contributed by atoms with van der Waals surface area (Å²) in [6, 6.07) is 7.32. The van der Waals surface area contributed by atoms with Crippen LogP contribution in [0.15, 0.2) is 56.0 Å². The first-order chi connectivity index (χ1) is 14.1. The highest BCUT2D eigenvalue weighted by molar-refractivity contribution is 8.00. The van der Waals surface area contributed by atoms with Crippen molar-refractivity contribution in [1.29, 1.82) is 0 Å². The van der Waals surface area contributed by atoms with Gasteiger partial charge in [-0.05, 0) is 48.4 Å². The Balaban J connectivity index is 1.56. The van der Waals surface area contributed by atoms with E-state index in [1.165, 1.54) is 34.1 Å². The van der Waals surface area contributed by atoms with Crippen LogP contribution in [0.2, 0.25) is 0 Å². The molecular weight excluding hydrogens is 416 g/mol. The molecule has 1 N–H and O–H groups in total. The maximum Gasteiger partial charge on any atom is 0.420 e. The molecule has 9 heteroatoms. The topological polar surface area (TPSA) is 60.1 Å². The summed E-state index contributed by atoms with van der Waals surface area (Å²) in [5, 5.41) is 2.46. The van der Waals surface area contributed by atoms with Gasteiger partial charge in [-0.25, -0.2) is 18.6 Å². The molecule has 0 fully saturated rings.